The SMILES string of the molecule is O=C(C1CC1c1ccccc1Cl)N(Cc1ccco1)C1CCCC1. The molecule has 4 heteroatoms. The predicted octanol–water partition coefficient (Wildman–Crippen LogP) is 5.01. The number of carbonyl (C=O) groups excluding carboxylic acids is 1. The van der Waals surface area contributed by atoms with Gasteiger partial charge in [-0.2, -0.15) is 0 Å². The van der Waals surface area contributed by atoms with E-state index in [9.17, 15) is 4.79 Å². The summed E-state index contributed by atoms with van der Waals surface area (Å²) in [6, 6.07) is 12.1. The Labute approximate surface area is 147 Å². The van der Waals surface area contributed by atoms with Crippen molar-refractivity contribution < 1.29 is 9.21 Å². The first-order chi connectivity index (χ1) is 11.7. The van der Waals surface area contributed by atoms with E-state index in [-0.39, 0.29) is 17.7 Å². The van der Waals surface area contributed by atoms with Gasteiger partial charge in [0.15, 0.2) is 0 Å². The Kier molecular flexibility index (Phi) is 4.36. The minimum atomic E-state index is 0.0699. The van der Waals surface area contributed by atoms with Gasteiger partial charge in [-0.15, -0.1) is 0 Å². The summed E-state index contributed by atoms with van der Waals surface area (Å²) in [6.45, 7) is 0.586. The summed E-state index contributed by atoms with van der Waals surface area (Å²) in [6.07, 6.45) is 7.22. The van der Waals surface area contributed by atoms with Crippen molar-refractivity contribution in [3.8, 4) is 0 Å². The van der Waals surface area contributed by atoms with E-state index in [1.807, 2.05) is 36.4 Å². The maximum Gasteiger partial charge on any atom is 0.226 e. The fraction of sp³-hybridized carbons (Fsp3) is 0.450. The van der Waals surface area contributed by atoms with Gasteiger partial charge in [0, 0.05) is 17.0 Å². The number of hydrogen-bond donors (Lipinski definition) is 0. The van der Waals surface area contributed by atoms with E-state index in [4.69, 9.17) is 16.0 Å². The van der Waals surface area contributed by atoms with Crippen LogP contribution >= 0.6 is 11.6 Å². The molecule has 0 radical (unpaired) electrons. The molecule has 1 amide bonds. The van der Waals surface area contributed by atoms with Crippen molar-refractivity contribution in [3.05, 3.63) is 59.0 Å². The minimum Gasteiger partial charge on any atom is -0.467 e. The quantitative estimate of drug-likeness (QED) is 0.764. The molecule has 2 aliphatic carbocycles. The first-order valence-corrected chi connectivity index (χ1v) is 9.19. The molecule has 0 spiro atoms. The van der Waals surface area contributed by atoms with E-state index in [0.29, 0.717) is 12.6 Å². The van der Waals surface area contributed by atoms with Gasteiger partial charge >= 0.3 is 0 Å². The highest BCUT2D eigenvalue weighted by atomic mass is 35.5. The summed E-state index contributed by atoms with van der Waals surface area (Å²) < 4.78 is 5.49. The van der Waals surface area contributed by atoms with E-state index < -0.39 is 0 Å². The molecule has 24 heavy (non-hydrogen) atoms. The van der Waals surface area contributed by atoms with E-state index in [1.165, 1.54) is 12.8 Å². The van der Waals surface area contributed by atoms with Crippen LogP contribution in [0.4, 0.5) is 0 Å². The van der Waals surface area contributed by atoms with Crippen molar-refractivity contribution in [2.45, 2.75) is 50.6 Å². The van der Waals surface area contributed by atoms with Crippen molar-refractivity contribution >= 4 is 17.5 Å². The number of rotatable bonds is 5. The molecule has 0 N–H and O–H groups in total. The molecular weight excluding hydrogens is 322 g/mol. The molecule has 0 aliphatic heterocycles. The molecule has 2 unspecified atom stereocenters. The van der Waals surface area contributed by atoms with Gasteiger partial charge < -0.3 is 9.32 Å². The lowest BCUT2D eigenvalue weighted by molar-refractivity contribution is -0.136. The second-order valence-corrected chi connectivity index (χ2v) is 7.36. The summed E-state index contributed by atoms with van der Waals surface area (Å²) in [4.78, 5) is 15.2. The molecule has 2 aromatic rings. The molecule has 2 aliphatic rings. The Bertz CT molecular complexity index is 706. The van der Waals surface area contributed by atoms with Crippen LogP contribution in [-0.4, -0.2) is 16.8 Å². The number of furan rings is 1. The monoisotopic (exact) mass is 343 g/mol. The van der Waals surface area contributed by atoms with Crippen molar-refractivity contribution in [2.24, 2.45) is 5.92 Å². The van der Waals surface area contributed by atoms with Crippen molar-refractivity contribution in [1.29, 1.82) is 0 Å². The lowest BCUT2D eigenvalue weighted by Crippen LogP contribution is -2.39. The maximum atomic E-state index is 13.2. The summed E-state index contributed by atoms with van der Waals surface area (Å²) in [5.74, 6) is 1.47. The molecule has 2 saturated carbocycles. The molecule has 0 bridgehead atoms. The van der Waals surface area contributed by atoms with E-state index in [0.717, 1.165) is 35.6 Å². The van der Waals surface area contributed by atoms with Crippen molar-refractivity contribution in [2.75, 3.05) is 0 Å². The molecule has 4 rings (SSSR count). The zero-order chi connectivity index (χ0) is 16.5. The fourth-order valence-electron chi connectivity index (χ4n) is 3.97. The van der Waals surface area contributed by atoms with Crippen molar-refractivity contribution in [3.63, 3.8) is 0 Å². The van der Waals surface area contributed by atoms with Gasteiger partial charge in [0.05, 0.1) is 12.8 Å². The Morgan fingerprint density at radius 2 is 1.96 bits per heavy atom. The normalized spacial score (nSPS) is 23.4. The number of nitrogens with zero attached hydrogens (tertiary/aromatic N) is 1. The summed E-state index contributed by atoms with van der Waals surface area (Å²) in [5.41, 5.74) is 1.11. The van der Waals surface area contributed by atoms with Crippen molar-refractivity contribution in [1.82, 2.24) is 4.90 Å². The van der Waals surface area contributed by atoms with Crippen LogP contribution < -0.4 is 0 Å². The highest BCUT2D eigenvalue weighted by molar-refractivity contribution is 6.31. The van der Waals surface area contributed by atoms with Crippen LogP contribution in [-0.2, 0) is 11.3 Å². The lowest BCUT2D eigenvalue weighted by atomic mass is 10.1. The Morgan fingerprint density at radius 1 is 1.17 bits per heavy atom. The van der Waals surface area contributed by atoms with Crippen LogP contribution in [0, 0.1) is 5.92 Å². The zero-order valence-electron chi connectivity index (χ0n) is 13.7. The highest BCUT2D eigenvalue weighted by Gasteiger charge is 2.47. The molecular formula is C20H22ClNO2. The standard InChI is InChI=1S/C20H22ClNO2/c21-19-10-4-3-9-16(19)17-12-18(17)20(23)22(14-6-1-2-7-14)13-15-8-5-11-24-15/h3-5,8-11,14,17-18H,1-2,6-7,12-13H2. The van der Waals surface area contributed by atoms with Gasteiger partial charge in [-0.25, -0.2) is 0 Å². The summed E-state index contributed by atoms with van der Waals surface area (Å²) >= 11 is 6.31. The largest absolute Gasteiger partial charge is 0.467 e. The molecule has 1 aromatic carbocycles. The third kappa shape index (κ3) is 3.10. The average Bonchev–Trinajstić information content (AvgIpc) is 3.00. The third-order valence-corrected chi connectivity index (χ3v) is 5.71. The number of benzene rings is 1. The highest BCUT2D eigenvalue weighted by Crippen LogP contribution is 2.51. The maximum absolute atomic E-state index is 13.2. The zero-order valence-corrected chi connectivity index (χ0v) is 14.4. The van der Waals surface area contributed by atoms with E-state index in [1.54, 1.807) is 6.26 Å². The molecule has 126 valence electrons. The van der Waals surface area contributed by atoms with Crippen LogP contribution in [0.2, 0.25) is 5.02 Å². The molecule has 3 nitrogen and oxygen atoms in total. The summed E-state index contributed by atoms with van der Waals surface area (Å²) in [5, 5.41) is 0.774. The van der Waals surface area contributed by atoms with Gasteiger partial charge in [0.25, 0.3) is 0 Å². The van der Waals surface area contributed by atoms with Gasteiger partial charge in [-0.3, -0.25) is 4.79 Å². The number of amides is 1. The molecule has 2 fully saturated rings. The molecule has 0 saturated heterocycles. The second-order valence-electron chi connectivity index (χ2n) is 6.95. The van der Waals surface area contributed by atoms with E-state index >= 15 is 0 Å². The van der Waals surface area contributed by atoms with E-state index in [2.05, 4.69) is 4.90 Å². The minimum absolute atomic E-state index is 0.0699. The average molecular weight is 344 g/mol. The van der Waals surface area contributed by atoms with Crippen LogP contribution in [0.25, 0.3) is 0 Å². The molecule has 1 aromatic heterocycles. The second kappa shape index (κ2) is 6.64. The van der Waals surface area contributed by atoms with Gasteiger partial charge in [0.1, 0.15) is 5.76 Å². The van der Waals surface area contributed by atoms with Crippen LogP contribution in [0.15, 0.2) is 47.1 Å². The van der Waals surface area contributed by atoms with Crippen LogP contribution in [0.5, 0.6) is 0 Å². The Balaban J connectivity index is 1.51. The fourth-order valence-corrected chi connectivity index (χ4v) is 4.25. The number of carbonyl (C=O) groups is 1. The smallest absolute Gasteiger partial charge is 0.226 e. The Morgan fingerprint density at radius 3 is 2.67 bits per heavy atom. The Hall–Kier alpha value is -1.74. The first kappa shape index (κ1) is 15.8. The number of hydrogen-bond acceptors (Lipinski definition) is 2. The van der Waals surface area contributed by atoms with Crippen LogP contribution in [0.1, 0.15) is 49.3 Å². The third-order valence-electron chi connectivity index (χ3n) is 5.37. The van der Waals surface area contributed by atoms with Gasteiger partial charge in [-0.05, 0) is 48.9 Å². The number of halogens is 1. The lowest BCUT2D eigenvalue weighted by Gasteiger charge is -2.28. The van der Waals surface area contributed by atoms with Gasteiger partial charge in [0.2, 0.25) is 5.91 Å². The summed E-state index contributed by atoms with van der Waals surface area (Å²) in [7, 11) is 0. The van der Waals surface area contributed by atoms with Crippen LogP contribution in [0.3, 0.4) is 0 Å². The van der Waals surface area contributed by atoms with Gasteiger partial charge in [-0.1, -0.05) is 42.6 Å². The molecule has 2 atom stereocenters. The first-order valence-electron chi connectivity index (χ1n) is 8.81. The molecule has 1 heterocycles. The topological polar surface area (TPSA) is 33.5 Å². The predicted molar refractivity (Wildman–Crippen MR) is 93.8 cm³/mol.